The van der Waals surface area contributed by atoms with Crippen LogP contribution in [0.15, 0.2) is 36.9 Å². The second-order valence-electron chi connectivity index (χ2n) is 3.03. The third-order valence-electron chi connectivity index (χ3n) is 1.85. The van der Waals surface area contributed by atoms with Gasteiger partial charge in [0.15, 0.2) is 5.78 Å². The predicted molar refractivity (Wildman–Crippen MR) is 64.9 cm³/mol. The maximum absolute atomic E-state index is 11.6. The van der Waals surface area contributed by atoms with Crippen LogP contribution in [0.3, 0.4) is 0 Å². The molecule has 4 nitrogen and oxygen atoms in total. The van der Waals surface area contributed by atoms with Crippen molar-refractivity contribution in [1.82, 2.24) is 0 Å². The molecule has 16 heavy (non-hydrogen) atoms. The Morgan fingerprint density at radius 3 is 2.94 bits per heavy atom. The van der Waals surface area contributed by atoms with E-state index in [0.29, 0.717) is 17.1 Å². The number of thioether (sulfide) groups is 1. The van der Waals surface area contributed by atoms with Crippen molar-refractivity contribution in [2.75, 3.05) is 11.5 Å². The minimum Gasteiger partial charge on any atom is -0.293 e. The first kappa shape index (κ1) is 12.4. The van der Waals surface area contributed by atoms with Crippen molar-refractivity contribution in [2.24, 2.45) is 0 Å². The molecule has 0 saturated carbocycles. The van der Waals surface area contributed by atoms with Crippen molar-refractivity contribution >= 4 is 23.2 Å². The zero-order valence-corrected chi connectivity index (χ0v) is 9.40. The van der Waals surface area contributed by atoms with Gasteiger partial charge in [-0.25, -0.2) is 0 Å². The van der Waals surface area contributed by atoms with E-state index in [0.717, 1.165) is 0 Å². The van der Waals surface area contributed by atoms with Crippen LogP contribution in [0.5, 0.6) is 0 Å². The highest BCUT2D eigenvalue weighted by Crippen LogP contribution is 2.15. The Morgan fingerprint density at radius 2 is 2.31 bits per heavy atom. The van der Waals surface area contributed by atoms with E-state index in [2.05, 4.69) is 6.58 Å². The average molecular weight is 237 g/mol. The minimum absolute atomic E-state index is 0.0560. The Hall–Kier alpha value is -1.62. The number of carbonyl (C=O) groups excluding carboxylic acids is 1. The molecule has 1 aromatic carbocycles. The fourth-order valence-electron chi connectivity index (χ4n) is 1.11. The average Bonchev–Trinajstić information content (AvgIpc) is 2.29. The van der Waals surface area contributed by atoms with Crippen molar-refractivity contribution in [3.63, 3.8) is 0 Å². The number of hydrogen-bond donors (Lipinski definition) is 0. The summed E-state index contributed by atoms with van der Waals surface area (Å²) in [5.41, 5.74) is 0.324. The first-order chi connectivity index (χ1) is 7.65. The lowest BCUT2D eigenvalue weighted by molar-refractivity contribution is -0.384. The van der Waals surface area contributed by atoms with Crippen LogP contribution < -0.4 is 0 Å². The van der Waals surface area contributed by atoms with Crippen LogP contribution in [-0.2, 0) is 0 Å². The van der Waals surface area contributed by atoms with E-state index in [4.69, 9.17) is 0 Å². The van der Waals surface area contributed by atoms with Gasteiger partial charge < -0.3 is 0 Å². The van der Waals surface area contributed by atoms with Crippen LogP contribution in [0.1, 0.15) is 10.4 Å². The normalized spacial score (nSPS) is 9.75. The van der Waals surface area contributed by atoms with E-state index in [1.54, 1.807) is 12.1 Å². The molecule has 0 amide bonds. The highest BCUT2D eigenvalue weighted by atomic mass is 32.2. The minimum atomic E-state index is -0.506. The van der Waals surface area contributed by atoms with Crippen LogP contribution in [0.2, 0.25) is 0 Å². The summed E-state index contributed by atoms with van der Waals surface area (Å²) in [6.07, 6.45) is 1.71. The van der Waals surface area contributed by atoms with Crippen LogP contribution in [0.25, 0.3) is 0 Å². The van der Waals surface area contributed by atoms with E-state index in [9.17, 15) is 14.9 Å². The number of ketones is 1. The third kappa shape index (κ3) is 3.51. The standard InChI is InChI=1S/C11H11NO3S/c1-2-6-16-8-11(13)9-4-3-5-10(7-9)12(14)15/h2-5,7H,1,6,8H2. The van der Waals surface area contributed by atoms with E-state index < -0.39 is 4.92 Å². The zero-order chi connectivity index (χ0) is 12.0. The number of rotatable bonds is 6. The van der Waals surface area contributed by atoms with Gasteiger partial charge in [0.1, 0.15) is 0 Å². The molecule has 0 aliphatic heterocycles. The molecule has 0 aliphatic rings. The number of nitro benzene ring substituents is 1. The Labute approximate surface area is 97.5 Å². The summed E-state index contributed by atoms with van der Waals surface area (Å²) >= 11 is 1.43. The van der Waals surface area contributed by atoms with Crippen molar-refractivity contribution in [1.29, 1.82) is 0 Å². The van der Waals surface area contributed by atoms with Gasteiger partial charge in [-0.05, 0) is 0 Å². The highest BCUT2D eigenvalue weighted by Gasteiger charge is 2.10. The molecule has 1 aromatic rings. The van der Waals surface area contributed by atoms with Crippen LogP contribution in [0, 0.1) is 10.1 Å². The van der Waals surface area contributed by atoms with Crippen molar-refractivity contribution in [3.05, 3.63) is 52.6 Å². The summed E-state index contributed by atoms with van der Waals surface area (Å²) in [6.45, 7) is 3.55. The molecule has 5 heteroatoms. The monoisotopic (exact) mass is 237 g/mol. The molecule has 0 radical (unpaired) electrons. The Kier molecular flexibility index (Phi) is 4.72. The third-order valence-corrected chi connectivity index (χ3v) is 2.79. The van der Waals surface area contributed by atoms with Crippen LogP contribution in [0.4, 0.5) is 5.69 Å². The molecule has 0 aromatic heterocycles. The van der Waals surface area contributed by atoms with Gasteiger partial charge in [0.05, 0.1) is 10.7 Å². The molecule has 0 atom stereocenters. The maximum Gasteiger partial charge on any atom is 0.270 e. The Morgan fingerprint density at radius 1 is 1.56 bits per heavy atom. The fraction of sp³-hybridized carbons (Fsp3) is 0.182. The second-order valence-corrected chi connectivity index (χ2v) is 4.06. The largest absolute Gasteiger partial charge is 0.293 e. The Bertz CT molecular complexity index is 417. The topological polar surface area (TPSA) is 60.2 Å². The van der Waals surface area contributed by atoms with Gasteiger partial charge >= 0.3 is 0 Å². The van der Waals surface area contributed by atoms with Crippen LogP contribution >= 0.6 is 11.8 Å². The summed E-state index contributed by atoms with van der Waals surface area (Å²) in [4.78, 5) is 21.6. The SMILES string of the molecule is C=CCSCC(=O)c1cccc([N+](=O)[O-])c1. The molecule has 0 aliphatic carbocycles. The molecule has 84 valence electrons. The van der Waals surface area contributed by atoms with E-state index in [1.807, 2.05) is 0 Å². The quantitative estimate of drug-likeness (QED) is 0.251. The number of carbonyl (C=O) groups is 1. The van der Waals surface area contributed by atoms with Gasteiger partial charge in [-0.2, -0.15) is 0 Å². The van der Waals surface area contributed by atoms with Crippen LogP contribution in [-0.4, -0.2) is 22.2 Å². The molecule has 0 unspecified atom stereocenters. The van der Waals surface area contributed by atoms with Gasteiger partial charge in [0, 0.05) is 23.4 Å². The molecule has 0 spiro atoms. The zero-order valence-electron chi connectivity index (χ0n) is 8.59. The number of benzene rings is 1. The Balaban J connectivity index is 2.71. The summed E-state index contributed by atoms with van der Waals surface area (Å²) in [7, 11) is 0. The lowest BCUT2D eigenvalue weighted by atomic mass is 10.1. The number of non-ortho nitro benzene ring substituents is 1. The van der Waals surface area contributed by atoms with E-state index in [1.165, 1.54) is 30.0 Å². The van der Waals surface area contributed by atoms with Gasteiger partial charge in [0.25, 0.3) is 5.69 Å². The van der Waals surface area contributed by atoms with Gasteiger partial charge in [-0.1, -0.05) is 18.2 Å². The van der Waals surface area contributed by atoms with Crippen molar-refractivity contribution in [3.8, 4) is 0 Å². The molecular formula is C11H11NO3S. The van der Waals surface area contributed by atoms with E-state index >= 15 is 0 Å². The molecule has 0 bridgehead atoms. The van der Waals surface area contributed by atoms with Gasteiger partial charge in [-0.15, -0.1) is 18.3 Å². The number of Topliss-reactive ketones (excluding diaryl/α,β-unsaturated/α-hetero) is 1. The molecule has 0 fully saturated rings. The predicted octanol–water partition coefficient (Wildman–Crippen LogP) is 2.70. The van der Waals surface area contributed by atoms with E-state index in [-0.39, 0.29) is 11.5 Å². The number of nitro groups is 1. The summed E-state index contributed by atoms with van der Waals surface area (Å²) < 4.78 is 0. The summed E-state index contributed by atoms with van der Waals surface area (Å²) in [5, 5.41) is 10.5. The highest BCUT2D eigenvalue weighted by molar-refractivity contribution is 8.00. The van der Waals surface area contributed by atoms with Crippen molar-refractivity contribution < 1.29 is 9.72 Å². The first-order valence-corrected chi connectivity index (χ1v) is 5.77. The van der Waals surface area contributed by atoms with Gasteiger partial charge in [0.2, 0.25) is 0 Å². The number of nitrogens with zero attached hydrogens (tertiary/aromatic N) is 1. The smallest absolute Gasteiger partial charge is 0.270 e. The molecular weight excluding hydrogens is 226 g/mol. The fourth-order valence-corrected chi connectivity index (χ4v) is 1.75. The number of hydrogen-bond acceptors (Lipinski definition) is 4. The molecule has 1 rings (SSSR count). The second kappa shape index (κ2) is 6.07. The lowest BCUT2D eigenvalue weighted by Crippen LogP contribution is -2.03. The maximum atomic E-state index is 11.6. The molecule has 0 heterocycles. The summed E-state index contributed by atoms with van der Waals surface area (Å²) in [5.74, 6) is 0.906. The summed E-state index contributed by atoms with van der Waals surface area (Å²) in [6, 6.07) is 5.78. The first-order valence-electron chi connectivity index (χ1n) is 4.61. The van der Waals surface area contributed by atoms with Gasteiger partial charge in [-0.3, -0.25) is 14.9 Å². The lowest BCUT2D eigenvalue weighted by Gasteiger charge is -1.99. The molecule has 0 N–H and O–H groups in total. The molecule has 0 saturated heterocycles. The van der Waals surface area contributed by atoms with Crippen molar-refractivity contribution in [2.45, 2.75) is 0 Å².